The van der Waals surface area contributed by atoms with Crippen molar-refractivity contribution in [3.63, 3.8) is 0 Å². The van der Waals surface area contributed by atoms with Gasteiger partial charge in [-0.3, -0.25) is 0 Å². The standard InChI is InChI=1S/C12H16/c1-2-4-12-10-7-5-9(6-8-10)11(12)3-1/h1,3,5,7,9-12H,2,4,6,8H2/t9-,10+,11-,12+/m1/s1. The predicted molar refractivity (Wildman–Crippen MR) is 50.7 cm³/mol. The Morgan fingerprint density at radius 2 is 1.67 bits per heavy atom. The Morgan fingerprint density at radius 1 is 0.833 bits per heavy atom. The van der Waals surface area contributed by atoms with Crippen LogP contribution in [0.1, 0.15) is 25.7 Å². The van der Waals surface area contributed by atoms with Crippen molar-refractivity contribution in [1.29, 1.82) is 0 Å². The van der Waals surface area contributed by atoms with E-state index in [0.717, 1.165) is 23.7 Å². The van der Waals surface area contributed by atoms with Crippen molar-refractivity contribution < 1.29 is 0 Å². The predicted octanol–water partition coefficient (Wildman–Crippen LogP) is 3.16. The molecule has 64 valence electrons. The summed E-state index contributed by atoms with van der Waals surface area (Å²) in [4.78, 5) is 0. The van der Waals surface area contributed by atoms with Crippen molar-refractivity contribution in [2.45, 2.75) is 25.7 Å². The normalized spacial score (nSPS) is 49.3. The van der Waals surface area contributed by atoms with E-state index in [-0.39, 0.29) is 0 Å². The highest BCUT2D eigenvalue weighted by Crippen LogP contribution is 2.48. The summed E-state index contributed by atoms with van der Waals surface area (Å²) in [7, 11) is 0. The molecule has 2 bridgehead atoms. The third-order valence-electron chi connectivity index (χ3n) is 4.00. The van der Waals surface area contributed by atoms with Crippen LogP contribution in [0.5, 0.6) is 0 Å². The lowest BCUT2D eigenvalue weighted by Crippen LogP contribution is -2.36. The van der Waals surface area contributed by atoms with E-state index in [0.29, 0.717) is 0 Å². The molecule has 0 nitrogen and oxygen atoms in total. The highest BCUT2D eigenvalue weighted by atomic mass is 14.4. The molecule has 4 aliphatic carbocycles. The Morgan fingerprint density at radius 3 is 2.42 bits per heavy atom. The molecule has 0 aromatic heterocycles. The van der Waals surface area contributed by atoms with Crippen LogP contribution in [0.15, 0.2) is 24.3 Å². The average Bonchev–Trinajstić information content (AvgIpc) is 2.20. The smallest absolute Gasteiger partial charge is 0.0136 e. The SMILES string of the molecule is C1=C[C@H]2[C@@H](CC1)[C@H]1C=C[C@@H]2CC1. The fourth-order valence-corrected chi connectivity index (χ4v) is 3.38. The van der Waals surface area contributed by atoms with E-state index in [2.05, 4.69) is 24.3 Å². The maximum atomic E-state index is 2.49. The first kappa shape index (κ1) is 6.94. The molecule has 0 aromatic carbocycles. The van der Waals surface area contributed by atoms with E-state index < -0.39 is 0 Å². The minimum Gasteiger partial charge on any atom is -0.0882 e. The molecule has 0 saturated heterocycles. The largest absolute Gasteiger partial charge is 0.0882 e. The first-order valence-electron chi connectivity index (χ1n) is 5.30. The number of allylic oxidation sites excluding steroid dienone is 4. The van der Waals surface area contributed by atoms with E-state index in [9.17, 15) is 0 Å². The van der Waals surface area contributed by atoms with Gasteiger partial charge in [-0.05, 0) is 49.4 Å². The van der Waals surface area contributed by atoms with E-state index in [4.69, 9.17) is 0 Å². The van der Waals surface area contributed by atoms with Gasteiger partial charge in [0.25, 0.3) is 0 Å². The van der Waals surface area contributed by atoms with E-state index >= 15 is 0 Å². The van der Waals surface area contributed by atoms with Crippen molar-refractivity contribution in [3.8, 4) is 0 Å². The Bertz CT molecular complexity index is 236. The Labute approximate surface area is 74.4 Å². The number of hydrogen-bond donors (Lipinski definition) is 0. The van der Waals surface area contributed by atoms with Gasteiger partial charge >= 0.3 is 0 Å². The number of fused-ring (bicyclic) bond motifs is 1. The van der Waals surface area contributed by atoms with Crippen LogP contribution in [-0.4, -0.2) is 0 Å². The van der Waals surface area contributed by atoms with Gasteiger partial charge in [0, 0.05) is 0 Å². The van der Waals surface area contributed by atoms with Crippen LogP contribution in [0, 0.1) is 23.7 Å². The van der Waals surface area contributed by atoms with Gasteiger partial charge in [0.05, 0.1) is 0 Å². The first-order valence-corrected chi connectivity index (χ1v) is 5.30. The second-order valence-electron chi connectivity index (χ2n) is 4.54. The van der Waals surface area contributed by atoms with Crippen LogP contribution in [0.25, 0.3) is 0 Å². The summed E-state index contributed by atoms with van der Waals surface area (Å²) in [6.07, 6.45) is 15.6. The van der Waals surface area contributed by atoms with Crippen molar-refractivity contribution in [3.05, 3.63) is 24.3 Å². The summed E-state index contributed by atoms with van der Waals surface area (Å²) in [5, 5.41) is 0. The van der Waals surface area contributed by atoms with Gasteiger partial charge in [-0.15, -0.1) is 0 Å². The molecule has 0 N–H and O–H groups in total. The van der Waals surface area contributed by atoms with Crippen molar-refractivity contribution in [1.82, 2.24) is 0 Å². The second-order valence-corrected chi connectivity index (χ2v) is 4.54. The van der Waals surface area contributed by atoms with Gasteiger partial charge < -0.3 is 0 Å². The van der Waals surface area contributed by atoms with E-state index in [1.54, 1.807) is 0 Å². The summed E-state index contributed by atoms with van der Waals surface area (Å²) in [6, 6.07) is 0. The summed E-state index contributed by atoms with van der Waals surface area (Å²) in [6.45, 7) is 0. The van der Waals surface area contributed by atoms with Gasteiger partial charge in [0.1, 0.15) is 0 Å². The van der Waals surface area contributed by atoms with Crippen LogP contribution in [0.2, 0.25) is 0 Å². The number of rotatable bonds is 0. The van der Waals surface area contributed by atoms with Gasteiger partial charge in [-0.2, -0.15) is 0 Å². The Kier molecular flexibility index (Phi) is 1.44. The average molecular weight is 160 g/mol. The molecule has 4 aliphatic rings. The molecule has 0 amide bonds. The molecule has 12 heavy (non-hydrogen) atoms. The summed E-state index contributed by atoms with van der Waals surface area (Å²) in [5.41, 5.74) is 0. The van der Waals surface area contributed by atoms with Crippen LogP contribution in [0.3, 0.4) is 0 Å². The molecular formula is C12H16. The zero-order chi connectivity index (χ0) is 7.97. The summed E-state index contributed by atoms with van der Waals surface area (Å²) in [5.74, 6) is 3.77. The minimum atomic E-state index is 0.900. The van der Waals surface area contributed by atoms with Gasteiger partial charge in [-0.25, -0.2) is 0 Å². The minimum absolute atomic E-state index is 0.900. The molecular weight excluding hydrogens is 144 g/mol. The van der Waals surface area contributed by atoms with Crippen molar-refractivity contribution in [2.75, 3.05) is 0 Å². The summed E-state index contributed by atoms with van der Waals surface area (Å²) >= 11 is 0. The lowest BCUT2D eigenvalue weighted by Gasteiger charge is -2.45. The van der Waals surface area contributed by atoms with Gasteiger partial charge in [-0.1, -0.05) is 24.3 Å². The van der Waals surface area contributed by atoms with Crippen molar-refractivity contribution in [2.24, 2.45) is 23.7 Å². The van der Waals surface area contributed by atoms with Crippen LogP contribution in [-0.2, 0) is 0 Å². The fraction of sp³-hybridized carbons (Fsp3) is 0.667. The molecule has 0 spiro atoms. The lowest BCUT2D eigenvalue weighted by molar-refractivity contribution is 0.143. The molecule has 4 rings (SSSR count). The lowest BCUT2D eigenvalue weighted by atomic mass is 9.60. The highest BCUT2D eigenvalue weighted by molar-refractivity contribution is 5.16. The molecule has 1 fully saturated rings. The third kappa shape index (κ3) is 0.840. The van der Waals surface area contributed by atoms with Crippen LogP contribution >= 0.6 is 0 Å². The maximum absolute atomic E-state index is 2.49. The molecule has 0 heterocycles. The maximum Gasteiger partial charge on any atom is -0.0136 e. The topological polar surface area (TPSA) is 0 Å². The van der Waals surface area contributed by atoms with Gasteiger partial charge in [0.15, 0.2) is 0 Å². The molecule has 0 aromatic rings. The zero-order valence-corrected chi connectivity index (χ0v) is 7.45. The quantitative estimate of drug-likeness (QED) is 0.477. The molecule has 0 heteroatoms. The Hall–Kier alpha value is -0.520. The fourth-order valence-electron chi connectivity index (χ4n) is 3.38. The highest BCUT2D eigenvalue weighted by Gasteiger charge is 2.39. The van der Waals surface area contributed by atoms with E-state index in [1.165, 1.54) is 25.7 Å². The second kappa shape index (κ2) is 2.48. The third-order valence-corrected chi connectivity index (χ3v) is 4.00. The van der Waals surface area contributed by atoms with E-state index in [1.807, 2.05) is 0 Å². The summed E-state index contributed by atoms with van der Waals surface area (Å²) < 4.78 is 0. The van der Waals surface area contributed by atoms with Crippen LogP contribution < -0.4 is 0 Å². The molecule has 0 unspecified atom stereocenters. The van der Waals surface area contributed by atoms with Crippen molar-refractivity contribution >= 4 is 0 Å². The van der Waals surface area contributed by atoms with Crippen LogP contribution in [0.4, 0.5) is 0 Å². The molecule has 0 radical (unpaired) electrons. The molecule has 0 aliphatic heterocycles. The molecule has 4 atom stereocenters. The first-order chi connectivity index (χ1) is 5.95. The zero-order valence-electron chi connectivity index (χ0n) is 7.45. The molecule has 1 saturated carbocycles. The number of hydrogen-bond acceptors (Lipinski definition) is 0. The monoisotopic (exact) mass is 160 g/mol. The Balaban J connectivity index is 1.98. The van der Waals surface area contributed by atoms with Gasteiger partial charge in [0.2, 0.25) is 0 Å².